The van der Waals surface area contributed by atoms with Gasteiger partial charge in [-0.1, -0.05) is 68.4 Å². The van der Waals surface area contributed by atoms with Gasteiger partial charge >= 0.3 is 11.9 Å². The van der Waals surface area contributed by atoms with Gasteiger partial charge in [0.05, 0.1) is 6.54 Å². The van der Waals surface area contributed by atoms with Gasteiger partial charge in [-0.05, 0) is 49.8 Å². The molecule has 2 N–H and O–H groups in total. The monoisotopic (exact) mass is 470 g/mol. The maximum atomic E-state index is 12.6. The molecule has 3 atom stereocenters. The zero-order chi connectivity index (χ0) is 25.7. The van der Waals surface area contributed by atoms with Crippen molar-refractivity contribution < 1.29 is 19.1 Å². The molecule has 0 saturated heterocycles. The van der Waals surface area contributed by atoms with E-state index in [-0.39, 0.29) is 11.8 Å². The molecule has 0 amide bonds. The summed E-state index contributed by atoms with van der Waals surface area (Å²) in [6.07, 6.45) is 7.30. The number of carbonyl (C=O) groups excluding carboxylic acids is 2. The van der Waals surface area contributed by atoms with E-state index in [1.807, 2.05) is 57.2 Å². The van der Waals surface area contributed by atoms with Gasteiger partial charge in [-0.15, -0.1) is 0 Å². The number of nitrogens with zero attached hydrogens (tertiary/aromatic N) is 3. The Morgan fingerprint density at radius 2 is 1.82 bits per heavy atom. The summed E-state index contributed by atoms with van der Waals surface area (Å²) in [5.41, 5.74) is 15.7. The number of hydrogen-bond acceptors (Lipinski definition) is 6. The summed E-state index contributed by atoms with van der Waals surface area (Å²) in [5, 5.41) is 3.55. The van der Waals surface area contributed by atoms with E-state index in [0.29, 0.717) is 19.4 Å². The van der Waals surface area contributed by atoms with E-state index in [0.717, 1.165) is 11.1 Å². The lowest BCUT2D eigenvalue weighted by atomic mass is 9.99. The van der Waals surface area contributed by atoms with Crippen molar-refractivity contribution in [3.8, 4) is 0 Å². The number of carbonyl (C=O) groups is 2. The Morgan fingerprint density at radius 1 is 1.18 bits per heavy atom. The van der Waals surface area contributed by atoms with Crippen molar-refractivity contribution in [1.29, 1.82) is 0 Å². The molecule has 0 fully saturated rings. The van der Waals surface area contributed by atoms with Crippen LogP contribution in [0.1, 0.15) is 65.5 Å². The van der Waals surface area contributed by atoms with E-state index < -0.39 is 29.7 Å². The fourth-order valence-corrected chi connectivity index (χ4v) is 3.08. The number of nitrogens with two attached hydrogens (primary N) is 1. The number of rotatable bonds is 12. The minimum absolute atomic E-state index is 0.138. The fraction of sp³-hybridized carbons (Fsp3) is 0.538. The van der Waals surface area contributed by atoms with Crippen LogP contribution in [-0.4, -0.2) is 29.7 Å². The Kier molecular flexibility index (Phi) is 12.1. The molecule has 8 nitrogen and oxygen atoms in total. The zero-order valence-corrected chi connectivity index (χ0v) is 21.1. The molecule has 0 saturated carbocycles. The van der Waals surface area contributed by atoms with Crippen molar-refractivity contribution in [3.05, 3.63) is 64.1 Å². The Hall–Kier alpha value is -3.09. The number of esters is 2. The van der Waals surface area contributed by atoms with Crippen LogP contribution in [0.4, 0.5) is 0 Å². The van der Waals surface area contributed by atoms with Crippen molar-refractivity contribution in [2.24, 2.45) is 22.7 Å². The molecule has 0 aliphatic rings. The molecule has 0 spiro atoms. The van der Waals surface area contributed by atoms with Crippen LogP contribution >= 0.6 is 0 Å². The first kappa shape index (κ1) is 28.9. The largest absolute Gasteiger partial charge is 0.460 e. The van der Waals surface area contributed by atoms with E-state index in [4.69, 9.17) is 20.7 Å². The van der Waals surface area contributed by atoms with Crippen LogP contribution in [-0.2, 0) is 25.6 Å². The SMILES string of the molecule is CC(C)CC(N)C(=O)O[C@@H](C/C=C/C(=O)OC(C)(C)C)[C@H](C)/C=C/c1ccc(CN=[N+]=[N-])cc1. The highest BCUT2D eigenvalue weighted by Crippen LogP contribution is 2.18. The molecule has 0 radical (unpaired) electrons. The predicted molar refractivity (Wildman–Crippen MR) is 134 cm³/mol. The Bertz CT molecular complexity index is 894. The van der Waals surface area contributed by atoms with Crippen LogP contribution in [0.5, 0.6) is 0 Å². The molecule has 0 aliphatic carbocycles. The van der Waals surface area contributed by atoms with Crippen LogP contribution in [0.25, 0.3) is 16.5 Å². The average molecular weight is 471 g/mol. The van der Waals surface area contributed by atoms with Gasteiger partial charge in [0, 0.05) is 23.3 Å². The smallest absolute Gasteiger partial charge is 0.330 e. The molecule has 1 rings (SSSR count). The van der Waals surface area contributed by atoms with Gasteiger partial charge in [0.25, 0.3) is 0 Å². The van der Waals surface area contributed by atoms with E-state index in [1.165, 1.54) is 6.08 Å². The van der Waals surface area contributed by atoms with Crippen molar-refractivity contribution in [2.45, 2.75) is 78.7 Å². The predicted octanol–water partition coefficient (Wildman–Crippen LogP) is 5.72. The summed E-state index contributed by atoms with van der Waals surface area (Å²) >= 11 is 0. The molecular weight excluding hydrogens is 432 g/mol. The van der Waals surface area contributed by atoms with Gasteiger partial charge in [-0.2, -0.15) is 0 Å². The standard InChI is InChI=1S/C26H38N4O4/c1-18(2)16-22(27)25(32)33-23(8-7-9-24(31)34-26(4,5)6)19(3)10-11-20-12-14-21(15-13-20)17-29-30-28/h7,9-15,18-19,22-23H,8,16-17,27H2,1-6H3/b9-7+,11-10+/t19-,22?,23+/m1/s1. The molecule has 0 aromatic heterocycles. The molecule has 186 valence electrons. The number of ether oxygens (including phenoxy) is 2. The molecule has 1 aromatic carbocycles. The van der Waals surface area contributed by atoms with Crippen molar-refractivity contribution in [3.63, 3.8) is 0 Å². The first-order valence-electron chi connectivity index (χ1n) is 11.5. The minimum atomic E-state index is -0.697. The maximum Gasteiger partial charge on any atom is 0.330 e. The zero-order valence-electron chi connectivity index (χ0n) is 21.1. The second-order valence-electron chi connectivity index (χ2n) is 9.73. The van der Waals surface area contributed by atoms with Crippen LogP contribution in [0.3, 0.4) is 0 Å². The van der Waals surface area contributed by atoms with E-state index in [2.05, 4.69) is 10.0 Å². The third kappa shape index (κ3) is 12.2. The first-order valence-corrected chi connectivity index (χ1v) is 11.5. The van der Waals surface area contributed by atoms with Crippen LogP contribution in [0, 0.1) is 11.8 Å². The van der Waals surface area contributed by atoms with E-state index in [1.54, 1.807) is 26.8 Å². The molecule has 0 heterocycles. The quantitative estimate of drug-likeness (QED) is 0.137. The lowest BCUT2D eigenvalue weighted by molar-refractivity contribution is -0.152. The van der Waals surface area contributed by atoms with Gasteiger partial charge in [0.1, 0.15) is 17.7 Å². The van der Waals surface area contributed by atoms with Crippen molar-refractivity contribution in [1.82, 2.24) is 0 Å². The normalized spacial score (nSPS) is 14.6. The summed E-state index contributed by atoms with van der Waals surface area (Å²) in [7, 11) is 0. The summed E-state index contributed by atoms with van der Waals surface area (Å²) in [6.45, 7) is 11.6. The third-order valence-electron chi connectivity index (χ3n) is 4.80. The lowest BCUT2D eigenvalue weighted by Crippen LogP contribution is -2.37. The molecule has 0 aliphatic heterocycles. The summed E-state index contributed by atoms with van der Waals surface area (Å²) in [4.78, 5) is 27.3. The van der Waals surface area contributed by atoms with Gasteiger partial charge in [-0.3, -0.25) is 4.79 Å². The maximum absolute atomic E-state index is 12.6. The first-order chi connectivity index (χ1) is 15.9. The summed E-state index contributed by atoms with van der Waals surface area (Å²) in [5.74, 6) is -0.765. The molecule has 8 heteroatoms. The van der Waals surface area contributed by atoms with Gasteiger partial charge in [-0.25, -0.2) is 4.79 Å². The molecule has 1 aromatic rings. The van der Waals surface area contributed by atoms with Crippen molar-refractivity contribution >= 4 is 18.0 Å². The highest BCUT2D eigenvalue weighted by atomic mass is 16.6. The topological polar surface area (TPSA) is 127 Å². The average Bonchev–Trinajstić information content (AvgIpc) is 2.74. The molecular formula is C26H38N4O4. The van der Waals surface area contributed by atoms with Crippen LogP contribution in [0.15, 0.2) is 47.6 Å². The fourth-order valence-electron chi connectivity index (χ4n) is 3.08. The van der Waals surface area contributed by atoms with Gasteiger partial charge in [0.2, 0.25) is 0 Å². The second kappa shape index (κ2) is 14.2. The third-order valence-corrected chi connectivity index (χ3v) is 4.80. The van der Waals surface area contributed by atoms with Gasteiger partial charge < -0.3 is 15.2 Å². The molecule has 1 unspecified atom stereocenters. The highest BCUT2D eigenvalue weighted by Gasteiger charge is 2.24. The summed E-state index contributed by atoms with van der Waals surface area (Å²) < 4.78 is 11.0. The highest BCUT2D eigenvalue weighted by molar-refractivity contribution is 5.82. The number of azide groups is 1. The minimum Gasteiger partial charge on any atom is -0.460 e. The lowest BCUT2D eigenvalue weighted by Gasteiger charge is -2.23. The van der Waals surface area contributed by atoms with E-state index >= 15 is 0 Å². The number of benzene rings is 1. The van der Waals surface area contributed by atoms with Crippen molar-refractivity contribution in [2.75, 3.05) is 0 Å². The number of hydrogen-bond donors (Lipinski definition) is 1. The molecule has 34 heavy (non-hydrogen) atoms. The van der Waals surface area contributed by atoms with Gasteiger partial charge in [0.15, 0.2) is 0 Å². The Labute approximate surface area is 202 Å². The van der Waals surface area contributed by atoms with Crippen LogP contribution in [0.2, 0.25) is 0 Å². The second-order valence-corrected chi connectivity index (χ2v) is 9.73. The molecule has 0 bridgehead atoms. The Morgan fingerprint density at radius 3 is 2.38 bits per heavy atom. The summed E-state index contributed by atoms with van der Waals surface area (Å²) in [6, 6.07) is 6.94. The van der Waals surface area contributed by atoms with E-state index in [9.17, 15) is 9.59 Å². The Balaban J connectivity index is 2.91. The van der Waals surface area contributed by atoms with Crippen LogP contribution < -0.4 is 5.73 Å².